The van der Waals surface area contributed by atoms with Crippen molar-refractivity contribution in [2.24, 2.45) is 0 Å². The molecule has 0 radical (unpaired) electrons. The van der Waals surface area contributed by atoms with E-state index >= 15 is 0 Å². The lowest BCUT2D eigenvalue weighted by Crippen LogP contribution is -2.38. The second kappa shape index (κ2) is 5.97. The maximum atomic E-state index is 12.4. The van der Waals surface area contributed by atoms with Gasteiger partial charge in [0.05, 0.1) is 4.88 Å². The molecule has 1 aliphatic rings. The van der Waals surface area contributed by atoms with Gasteiger partial charge in [0.25, 0.3) is 5.91 Å². The highest BCUT2D eigenvalue weighted by Gasteiger charge is 2.27. The monoisotopic (exact) mass is 304 g/mol. The van der Waals surface area contributed by atoms with Crippen molar-refractivity contribution in [3.05, 3.63) is 34.0 Å². The number of amides is 1. The number of thiophene rings is 1. The molecule has 3 rings (SSSR count). The maximum Gasteiger partial charge on any atom is 0.263 e. The Labute approximate surface area is 128 Å². The van der Waals surface area contributed by atoms with Crippen molar-refractivity contribution >= 4 is 17.2 Å². The second-order valence-electron chi connectivity index (χ2n) is 5.45. The van der Waals surface area contributed by atoms with Gasteiger partial charge in [-0.2, -0.15) is 0 Å². The molecule has 21 heavy (non-hydrogen) atoms. The molecule has 3 heterocycles. The SMILES string of the molecule is CCn1cnnc1C1CCN(C(=O)c2ccc(C)s2)CC1. The van der Waals surface area contributed by atoms with Crippen LogP contribution >= 0.6 is 11.3 Å². The fourth-order valence-electron chi connectivity index (χ4n) is 2.87. The molecule has 2 aromatic rings. The quantitative estimate of drug-likeness (QED) is 0.876. The summed E-state index contributed by atoms with van der Waals surface area (Å²) in [6.07, 6.45) is 3.73. The zero-order valence-electron chi connectivity index (χ0n) is 12.5. The highest BCUT2D eigenvalue weighted by atomic mass is 32.1. The predicted molar refractivity (Wildman–Crippen MR) is 82.6 cm³/mol. The predicted octanol–water partition coefficient (Wildman–Crippen LogP) is 2.69. The number of nitrogens with zero attached hydrogens (tertiary/aromatic N) is 4. The minimum atomic E-state index is 0.170. The first kappa shape index (κ1) is 14.3. The molecule has 0 bridgehead atoms. The molecule has 0 unspecified atom stereocenters. The highest BCUT2D eigenvalue weighted by Crippen LogP contribution is 2.28. The van der Waals surface area contributed by atoms with Gasteiger partial charge >= 0.3 is 0 Å². The Morgan fingerprint density at radius 1 is 1.38 bits per heavy atom. The van der Waals surface area contributed by atoms with E-state index in [4.69, 9.17) is 0 Å². The molecule has 0 N–H and O–H groups in total. The minimum Gasteiger partial charge on any atom is -0.338 e. The van der Waals surface area contributed by atoms with Crippen molar-refractivity contribution in [3.63, 3.8) is 0 Å². The van der Waals surface area contributed by atoms with Crippen LogP contribution in [-0.2, 0) is 6.54 Å². The van der Waals surface area contributed by atoms with Crippen LogP contribution in [-0.4, -0.2) is 38.7 Å². The minimum absolute atomic E-state index is 0.170. The summed E-state index contributed by atoms with van der Waals surface area (Å²) in [5.41, 5.74) is 0. The van der Waals surface area contributed by atoms with E-state index in [0.29, 0.717) is 5.92 Å². The summed E-state index contributed by atoms with van der Waals surface area (Å²) in [6, 6.07) is 3.94. The number of hydrogen-bond donors (Lipinski definition) is 0. The van der Waals surface area contributed by atoms with Gasteiger partial charge in [-0.1, -0.05) is 0 Å². The van der Waals surface area contributed by atoms with Crippen LogP contribution in [0.2, 0.25) is 0 Å². The topological polar surface area (TPSA) is 51.0 Å². The van der Waals surface area contributed by atoms with Gasteiger partial charge < -0.3 is 9.47 Å². The summed E-state index contributed by atoms with van der Waals surface area (Å²) in [5.74, 6) is 1.65. The van der Waals surface area contributed by atoms with E-state index in [9.17, 15) is 4.79 Å². The molecular weight excluding hydrogens is 284 g/mol. The van der Waals surface area contributed by atoms with Crippen LogP contribution in [0.3, 0.4) is 0 Å². The highest BCUT2D eigenvalue weighted by molar-refractivity contribution is 7.13. The van der Waals surface area contributed by atoms with Crippen LogP contribution in [0, 0.1) is 6.92 Å². The van der Waals surface area contributed by atoms with Gasteiger partial charge in [-0.3, -0.25) is 4.79 Å². The largest absolute Gasteiger partial charge is 0.338 e. The molecule has 1 fully saturated rings. The van der Waals surface area contributed by atoms with E-state index in [1.54, 1.807) is 17.7 Å². The summed E-state index contributed by atoms with van der Waals surface area (Å²) in [6.45, 7) is 6.64. The van der Waals surface area contributed by atoms with Crippen LogP contribution in [0.4, 0.5) is 0 Å². The first-order valence-electron chi connectivity index (χ1n) is 7.42. The lowest BCUT2D eigenvalue weighted by atomic mass is 9.96. The first-order chi connectivity index (χ1) is 10.2. The van der Waals surface area contributed by atoms with Crippen molar-refractivity contribution in [3.8, 4) is 0 Å². The van der Waals surface area contributed by atoms with Crippen LogP contribution < -0.4 is 0 Å². The Morgan fingerprint density at radius 2 is 2.14 bits per heavy atom. The van der Waals surface area contributed by atoms with Crippen LogP contribution in [0.1, 0.15) is 46.1 Å². The smallest absolute Gasteiger partial charge is 0.263 e. The van der Waals surface area contributed by atoms with E-state index in [1.165, 1.54) is 4.88 Å². The normalized spacial score (nSPS) is 16.4. The number of likely N-dealkylation sites (tertiary alicyclic amines) is 1. The average Bonchev–Trinajstić information content (AvgIpc) is 3.15. The number of piperidine rings is 1. The lowest BCUT2D eigenvalue weighted by molar-refractivity contribution is 0.0715. The van der Waals surface area contributed by atoms with E-state index < -0.39 is 0 Å². The van der Waals surface area contributed by atoms with Gasteiger partial charge in [0, 0.05) is 30.4 Å². The summed E-state index contributed by atoms with van der Waals surface area (Å²) in [5, 5.41) is 8.26. The first-order valence-corrected chi connectivity index (χ1v) is 8.24. The molecule has 0 spiro atoms. The number of aromatic nitrogens is 3. The molecule has 1 amide bonds. The van der Waals surface area contributed by atoms with Gasteiger partial charge in [-0.05, 0) is 38.8 Å². The van der Waals surface area contributed by atoms with Crippen molar-refractivity contribution in [2.45, 2.75) is 39.2 Å². The molecule has 0 aromatic carbocycles. The third kappa shape index (κ3) is 2.85. The second-order valence-corrected chi connectivity index (χ2v) is 6.74. The number of carbonyl (C=O) groups excluding carboxylic acids is 1. The fraction of sp³-hybridized carbons (Fsp3) is 0.533. The average molecular weight is 304 g/mol. The van der Waals surface area contributed by atoms with Gasteiger partial charge in [0.15, 0.2) is 0 Å². The van der Waals surface area contributed by atoms with Crippen LogP contribution in [0.25, 0.3) is 0 Å². The number of hydrogen-bond acceptors (Lipinski definition) is 4. The van der Waals surface area contributed by atoms with Gasteiger partial charge in [0.1, 0.15) is 12.2 Å². The molecule has 6 heteroatoms. The Morgan fingerprint density at radius 3 is 2.76 bits per heavy atom. The van der Waals surface area contributed by atoms with Gasteiger partial charge in [-0.15, -0.1) is 21.5 Å². The summed E-state index contributed by atoms with van der Waals surface area (Å²) in [4.78, 5) is 16.4. The molecule has 2 aromatic heterocycles. The van der Waals surface area contributed by atoms with E-state index in [2.05, 4.69) is 21.7 Å². The van der Waals surface area contributed by atoms with Crippen molar-refractivity contribution in [1.82, 2.24) is 19.7 Å². The maximum absolute atomic E-state index is 12.4. The number of aryl methyl sites for hydroxylation is 2. The molecule has 1 saturated heterocycles. The van der Waals surface area contributed by atoms with Crippen LogP contribution in [0.15, 0.2) is 18.5 Å². The van der Waals surface area contributed by atoms with Crippen molar-refractivity contribution < 1.29 is 4.79 Å². The molecule has 0 saturated carbocycles. The zero-order chi connectivity index (χ0) is 14.8. The van der Waals surface area contributed by atoms with E-state index in [-0.39, 0.29) is 5.91 Å². The molecule has 0 aliphatic carbocycles. The van der Waals surface area contributed by atoms with Crippen LogP contribution in [0.5, 0.6) is 0 Å². The third-order valence-electron chi connectivity index (χ3n) is 4.08. The molecule has 5 nitrogen and oxygen atoms in total. The van der Waals surface area contributed by atoms with Gasteiger partial charge in [0.2, 0.25) is 0 Å². The number of rotatable bonds is 3. The molecular formula is C15H20N4OS. The van der Waals surface area contributed by atoms with Crippen molar-refractivity contribution in [2.75, 3.05) is 13.1 Å². The van der Waals surface area contributed by atoms with Gasteiger partial charge in [-0.25, -0.2) is 0 Å². The Kier molecular flexibility index (Phi) is 4.05. The molecule has 1 aliphatic heterocycles. The molecule has 112 valence electrons. The number of carbonyl (C=O) groups is 1. The lowest BCUT2D eigenvalue weighted by Gasteiger charge is -2.31. The Balaban J connectivity index is 1.64. The Hall–Kier alpha value is -1.69. The summed E-state index contributed by atoms with van der Waals surface area (Å²) < 4.78 is 2.10. The molecule has 0 atom stereocenters. The zero-order valence-corrected chi connectivity index (χ0v) is 13.3. The standard InChI is InChI=1S/C15H20N4OS/c1-3-18-10-16-17-14(18)12-6-8-19(9-7-12)15(20)13-5-4-11(2)21-13/h4-5,10,12H,3,6-9H2,1-2H3. The summed E-state index contributed by atoms with van der Waals surface area (Å²) in [7, 11) is 0. The Bertz CT molecular complexity index is 625. The van der Waals surface area contributed by atoms with E-state index in [1.807, 2.05) is 24.0 Å². The van der Waals surface area contributed by atoms with Crippen molar-refractivity contribution in [1.29, 1.82) is 0 Å². The summed E-state index contributed by atoms with van der Waals surface area (Å²) >= 11 is 1.58. The fourth-order valence-corrected chi connectivity index (χ4v) is 3.71. The third-order valence-corrected chi connectivity index (χ3v) is 5.07. The van der Waals surface area contributed by atoms with E-state index in [0.717, 1.165) is 43.2 Å².